The molecule has 0 aliphatic rings. The van der Waals surface area contributed by atoms with Gasteiger partial charge in [0.2, 0.25) is 0 Å². The summed E-state index contributed by atoms with van der Waals surface area (Å²) >= 11 is 0. The van der Waals surface area contributed by atoms with Crippen LogP contribution in [0.4, 0.5) is 5.69 Å². The Kier molecular flexibility index (Phi) is 5.00. The molecule has 1 aromatic rings. The predicted octanol–water partition coefficient (Wildman–Crippen LogP) is 2.94. The van der Waals surface area contributed by atoms with E-state index in [4.69, 9.17) is 0 Å². The first-order valence-electron chi connectivity index (χ1n) is 5.93. The highest BCUT2D eigenvalue weighted by Crippen LogP contribution is 2.14. The second-order valence-corrected chi connectivity index (χ2v) is 6.78. The Bertz CT molecular complexity index is 435. The molecule has 3 nitrogen and oxygen atoms in total. The van der Waals surface area contributed by atoms with Gasteiger partial charge in [-0.15, -0.1) is 0 Å². The number of hydrogen-bond donors (Lipinski definition) is 1. The Hall–Kier alpha value is -1.03. The maximum absolute atomic E-state index is 11.3. The molecule has 0 amide bonds. The van der Waals surface area contributed by atoms with E-state index in [0.29, 0.717) is 4.90 Å². The molecule has 17 heavy (non-hydrogen) atoms. The van der Waals surface area contributed by atoms with Gasteiger partial charge in [-0.3, -0.25) is 0 Å². The average molecular weight is 255 g/mol. The van der Waals surface area contributed by atoms with Crippen molar-refractivity contribution in [3.05, 3.63) is 24.3 Å². The molecule has 1 aromatic carbocycles. The van der Waals surface area contributed by atoms with E-state index in [-0.39, 0.29) is 0 Å². The molecule has 0 unspecified atom stereocenters. The normalized spacial score (nSPS) is 11.8. The Morgan fingerprint density at radius 1 is 1.18 bits per heavy atom. The van der Waals surface area contributed by atoms with E-state index in [1.54, 1.807) is 12.1 Å². The van der Waals surface area contributed by atoms with Gasteiger partial charge in [0, 0.05) is 18.5 Å². The molecule has 4 heteroatoms. The molecule has 0 fully saturated rings. The SMILES string of the molecule is CC(C)CCCNc1ccc(S(C)(=O)=O)cc1. The molecule has 0 saturated carbocycles. The lowest BCUT2D eigenvalue weighted by Crippen LogP contribution is -2.03. The van der Waals surface area contributed by atoms with Crippen LogP contribution < -0.4 is 5.32 Å². The third-order valence-electron chi connectivity index (χ3n) is 2.57. The summed E-state index contributed by atoms with van der Waals surface area (Å²) in [6, 6.07) is 6.90. The first-order chi connectivity index (χ1) is 7.89. The fourth-order valence-electron chi connectivity index (χ4n) is 1.56. The molecule has 0 aliphatic heterocycles. The van der Waals surface area contributed by atoms with E-state index in [0.717, 1.165) is 24.6 Å². The quantitative estimate of drug-likeness (QED) is 0.795. The zero-order chi connectivity index (χ0) is 12.9. The molecule has 1 rings (SSSR count). The number of rotatable bonds is 6. The first kappa shape index (κ1) is 14.0. The summed E-state index contributed by atoms with van der Waals surface area (Å²) in [7, 11) is -3.08. The topological polar surface area (TPSA) is 46.2 Å². The van der Waals surface area contributed by atoms with Gasteiger partial charge in [0.15, 0.2) is 9.84 Å². The molecular formula is C13H21NO2S. The lowest BCUT2D eigenvalue weighted by molar-refractivity contribution is 0.567. The molecule has 0 heterocycles. The van der Waals surface area contributed by atoms with Crippen LogP contribution in [-0.4, -0.2) is 21.2 Å². The van der Waals surface area contributed by atoms with Crippen molar-refractivity contribution in [1.82, 2.24) is 0 Å². The molecule has 0 spiro atoms. The van der Waals surface area contributed by atoms with Crippen LogP contribution in [0.25, 0.3) is 0 Å². The van der Waals surface area contributed by atoms with Gasteiger partial charge in [-0.2, -0.15) is 0 Å². The summed E-state index contributed by atoms with van der Waals surface area (Å²) in [5.41, 5.74) is 0.973. The van der Waals surface area contributed by atoms with E-state index in [1.807, 2.05) is 12.1 Å². The van der Waals surface area contributed by atoms with Crippen molar-refractivity contribution >= 4 is 15.5 Å². The first-order valence-corrected chi connectivity index (χ1v) is 7.82. The highest BCUT2D eigenvalue weighted by molar-refractivity contribution is 7.90. The summed E-state index contributed by atoms with van der Waals surface area (Å²) in [6.45, 7) is 5.35. The summed E-state index contributed by atoms with van der Waals surface area (Å²) < 4.78 is 22.5. The minimum atomic E-state index is -3.08. The Labute approximate surface area is 104 Å². The van der Waals surface area contributed by atoms with E-state index in [1.165, 1.54) is 12.7 Å². The minimum Gasteiger partial charge on any atom is -0.385 e. The smallest absolute Gasteiger partial charge is 0.175 e. The van der Waals surface area contributed by atoms with Gasteiger partial charge in [0.05, 0.1) is 4.90 Å². The maximum Gasteiger partial charge on any atom is 0.175 e. The third kappa shape index (κ3) is 5.22. The molecule has 0 bridgehead atoms. The number of benzene rings is 1. The summed E-state index contributed by atoms with van der Waals surface area (Å²) in [6.07, 6.45) is 3.55. The van der Waals surface area contributed by atoms with E-state index in [2.05, 4.69) is 19.2 Å². The van der Waals surface area contributed by atoms with Gasteiger partial charge in [-0.05, 0) is 43.0 Å². The maximum atomic E-state index is 11.3. The van der Waals surface area contributed by atoms with Crippen molar-refractivity contribution in [1.29, 1.82) is 0 Å². The van der Waals surface area contributed by atoms with Gasteiger partial charge < -0.3 is 5.32 Å². The molecule has 0 atom stereocenters. The predicted molar refractivity (Wildman–Crippen MR) is 72.1 cm³/mol. The molecule has 0 saturated heterocycles. The molecular weight excluding hydrogens is 234 g/mol. The van der Waals surface area contributed by atoms with Crippen molar-refractivity contribution < 1.29 is 8.42 Å². The molecule has 0 aliphatic carbocycles. The molecule has 0 aromatic heterocycles. The lowest BCUT2D eigenvalue weighted by Gasteiger charge is -2.08. The molecule has 96 valence electrons. The van der Waals surface area contributed by atoms with Crippen LogP contribution in [0.5, 0.6) is 0 Å². The van der Waals surface area contributed by atoms with Gasteiger partial charge in [0.1, 0.15) is 0 Å². The minimum absolute atomic E-state index is 0.366. The Morgan fingerprint density at radius 2 is 1.76 bits per heavy atom. The van der Waals surface area contributed by atoms with E-state index in [9.17, 15) is 8.42 Å². The fraction of sp³-hybridized carbons (Fsp3) is 0.538. The Balaban J connectivity index is 2.46. The monoisotopic (exact) mass is 255 g/mol. The van der Waals surface area contributed by atoms with E-state index < -0.39 is 9.84 Å². The van der Waals surface area contributed by atoms with Gasteiger partial charge in [0.25, 0.3) is 0 Å². The summed E-state index contributed by atoms with van der Waals surface area (Å²) in [5.74, 6) is 0.726. The van der Waals surface area contributed by atoms with Crippen LogP contribution in [0, 0.1) is 5.92 Å². The fourth-order valence-corrected chi connectivity index (χ4v) is 2.19. The molecule has 0 radical (unpaired) electrons. The van der Waals surface area contributed by atoms with Crippen LogP contribution in [-0.2, 0) is 9.84 Å². The van der Waals surface area contributed by atoms with Gasteiger partial charge >= 0.3 is 0 Å². The highest BCUT2D eigenvalue weighted by Gasteiger charge is 2.05. The van der Waals surface area contributed by atoms with Crippen LogP contribution in [0.3, 0.4) is 0 Å². The number of nitrogens with one attached hydrogen (secondary N) is 1. The number of hydrogen-bond acceptors (Lipinski definition) is 3. The zero-order valence-electron chi connectivity index (χ0n) is 10.7. The van der Waals surface area contributed by atoms with Crippen LogP contribution >= 0.6 is 0 Å². The average Bonchev–Trinajstić information content (AvgIpc) is 2.23. The standard InChI is InChI=1S/C13H21NO2S/c1-11(2)5-4-10-14-12-6-8-13(9-7-12)17(3,15)16/h6-9,11,14H,4-5,10H2,1-3H3. The highest BCUT2D eigenvalue weighted by atomic mass is 32.2. The van der Waals surface area contributed by atoms with Crippen LogP contribution in [0.2, 0.25) is 0 Å². The van der Waals surface area contributed by atoms with Gasteiger partial charge in [-0.1, -0.05) is 13.8 Å². The van der Waals surface area contributed by atoms with E-state index >= 15 is 0 Å². The third-order valence-corrected chi connectivity index (χ3v) is 3.70. The Morgan fingerprint density at radius 3 is 2.24 bits per heavy atom. The molecule has 1 N–H and O–H groups in total. The van der Waals surface area contributed by atoms with Crippen LogP contribution in [0.1, 0.15) is 26.7 Å². The van der Waals surface area contributed by atoms with Crippen molar-refractivity contribution in [2.24, 2.45) is 5.92 Å². The largest absolute Gasteiger partial charge is 0.385 e. The van der Waals surface area contributed by atoms with Crippen molar-refractivity contribution in [2.75, 3.05) is 18.1 Å². The second-order valence-electron chi connectivity index (χ2n) is 4.76. The van der Waals surface area contributed by atoms with Crippen molar-refractivity contribution in [3.8, 4) is 0 Å². The van der Waals surface area contributed by atoms with Crippen molar-refractivity contribution in [2.45, 2.75) is 31.6 Å². The van der Waals surface area contributed by atoms with Crippen molar-refractivity contribution in [3.63, 3.8) is 0 Å². The number of anilines is 1. The zero-order valence-corrected chi connectivity index (χ0v) is 11.5. The van der Waals surface area contributed by atoms with Crippen LogP contribution in [0.15, 0.2) is 29.2 Å². The van der Waals surface area contributed by atoms with Gasteiger partial charge in [-0.25, -0.2) is 8.42 Å². The summed E-state index contributed by atoms with van der Waals surface area (Å²) in [5, 5.41) is 3.28. The summed E-state index contributed by atoms with van der Waals surface area (Å²) in [4.78, 5) is 0.366. The second kappa shape index (κ2) is 6.05. The lowest BCUT2D eigenvalue weighted by atomic mass is 10.1. The number of sulfone groups is 1.